The van der Waals surface area contributed by atoms with Crippen molar-refractivity contribution in [3.8, 4) is 17.0 Å². The van der Waals surface area contributed by atoms with Crippen molar-refractivity contribution in [1.82, 2.24) is 15.4 Å². The minimum absolute atomic E-state index is 0.00213. The minimum atomic E-state index is -0.629. The lowest BCUT2D eigenvalue weighted by Gasteiger charge is -2.20. The van der Waals surface area contributed by atoms with Crippen LogP contribution in [0.25, 0.3) is 11.3 Å². The molecule has 6 nitrogen and oxygen atoms in total. The number of primary amides is 1. The van der Waals surface area contributed by atoms with E-state index in [4.69, 9.17) is 10.5 Å². The maximum Gasteiger partial charge on any atom is 0.271 e. The lowest BCUT2D eigenvalue weighted by Crippen LogP contribution is -2.13. The molecular formula is C14H18N4O2. The molecular weight excluding hydrogens is 256 g/mol. The first kappa shape index (κ1) is 14.0. The molecule has 0 aliphatic heterocycles. The van der Waals surface area contributed by atoms with Gasteiger partial charge in [-0.15, -0.1) is 0 Å². The predicted molar refractivity (Wildman–Crippen MR) is 75.6 cm³/mol. The largest absolute Gasteiger partial charge is 0.496 e. The van der Waals surface area contributed by atoms with Gasteiger partial charge in [-0.2, -0.15) is 15.4 Å². The number of carbonyl (C=O) groups is 1. The van der Waals surface area contributed by atoms with Crippen LogP contribution in [0.5, 0.6) is 5.75 Å². The van der Waals surface area contributed by atoms with E-state index in [0.717, 1.165) is 5.56 Å². The third kappa shape index (κ3) is 2.49. The second-order valence-corrected chi connectivity index (χ2v) is 5.55. The Balaban J connectivity index is 2.58. The number of benzene rings is 1. The second-order valence-electron chi connectivity index (χ2n) is 5.55. The van der Waals surface area contributed by atoms with Crippen molar-refractivity contribution < 1.29 is 9.53 Å². The summed E-state index contributed by atoms with van der Waals surface area (Å²) in [5, 5.41) is 10.2. The number of amides is 1. The van der Waals surface area contributed by atoms with Crippen molar-refractivity contribution in [1.29, 1.82) is 0 Å². The molecule has 6 heteroatoms. The third-order valence-corrected chi connectivity index (χ3v) is 3.10. The van der Waals surface area contributed by atoms with Crippen molar-refractivity contribution in [2.75, 3.05) is 7.11 Å². The minimum Gasteiger partial charge on any atom is -0.496 e. The highest BCUT2D eigenvalue weighted by atomic mass is 16.5. The number of nitrogens with zero attached hydrogens (tertiary/aromatic N) is 2. The molecule has 0 radical (unpaired) electrons. The van der Waals surface area contributed by atoms with Crippen LogP contribution in [0.2, 0.25) is 0 Å². The number of carbonyl (C=O) groups excluding carboxylic acids is 1. The van der Waals surface area contributed by atoms with E-state index in [2.05, 4.69) is 36.2 Å². The van der Waals surface area contributed by atoms with E-state index in [1.807, 2.05) is 18.2 Å². The molecule has 20 heavy (non-hydrogen) atoms. The van der Waals surface area contributed by atoms with Gasteiger partial charge in [-0.1, -0.05) is 26.8 Å². The molecule has 0 aliphatic carbocycles. The molecule has 0 saturated carbocycles. The molecule has 0 bridgehead atoms. The van der Waals surface area contributed by atoms with Crippen LogP contribution in [0.1, 0.15) is 36.8 Å². The first-order valence-electron chi connectivity index (χ1n) is 6.24. The second kappa shape index (κ2) is 4.96. The highest BCUT2D eigenvalue weighted by Gasteiger charge is 2.21. The smallest absolute Gasteiger partial charge is 0.271 e. The van der Waals surface area contributed by atoms with Gasteiger partial charge in [-0.25, -0.2) is 0 Å². The van der Waals surface area contributed by atoms with Crippen LogP contribution in [0.15, 0.2) is 18.2 Å². The van der Waals surface area contributed by atoms with Gasteiger partial charge in [0.1, 0.15) is 11.4 Å². The van der Waals surface area contributed by atoms with Crippen molar-refractivity contribution >= 4 is 5.91 Å². The molecule has 2 aromatic rings. The molecule has 1 aromatic carbocycles. The lowest BCUT2D eigenvalue weighted by atomic mass is 9.86. The summed E-state index contributed by atoms with van der Waals surface area (Å²) >= 11 is 0. The Morgan fingerprint density at radius 3 is 2.55 bits per heavy atom. The van der Waals surface area contributed by atoms with Crippen LogP contribution >= 0.6 is 0 Å². The number of aromatic nitrogens is 3. The molecule has 3 N–H and O–H groups in total. The maximum absolute atomic E-state index is 11.3. The summed E-state index contributed by atoms with van der Waals surface area (Å²) in [7, 11) is 1.58. The third-order valence-electron chi connectivity index (χ3n) is 3.10. The number of methoxy groups -OCH3 is 1. The Morgan fingerprint density at radius 2 is 2.00 bits per heavy atom. The van der Waals surface area contributed by atoms with Gasteiger partial charge in [0.05, 0.1) is 7.11 Å². The van der Waals surface area contributed by atoms with Gasteiger partial charge in [0, 0.05) is 5.56 Å². The van der Waals surface area contributed by atoms with Crippen molar-refractivity contribution in [2.24, 2.45) is 5.73 Å². The van der Waals surface area contributed by atoms with Crippen LogP contribution in [0, 0.1) is 0 Å². The molecule has 1 amide bonds. The van der Waals surface area contributed by atoms with E-state index in [1.165, 1.54) is 0 Å². The number of hydrogen-bond donors (Lipinski definition) is 2. The van der Waals surface area contributed by atoms with E-state index in [0.29, 0.717) is 17.0 Å². The fourth-order valence-electron chi connectivity index (χ4n) is 1.94. The zero-order valence-corrected chi connectivity index (χ0v) is 12.0. The topological polar surface area (TPSA) is 93.9 Å². The Hall–Kier alpha value is -2.37. The zero-order chi connectivity index (χ0) is 14.9. The standard InChI is InChI=1S/C14H18N4O2/c1-14(2,3)8-5-6-9(10(7-8)20-4)11-12(13(15)19)17-18-16-11/h5-7H,1-4H3,(H2,15,19)(H,16,17,18). The Kier molecular flexibility index (Phi) is 3.48. The Labute approximate surface area is 117 Å². The number of nitrogens with one attached hydrogen (secondary N) is 1. The SMILES string of the molecule is COc1cc(C(C)(C)C)ccc1-c1n[nH]nc1C(N)=O. The quantitative estimate of drug-likeness (QED) is 0.893. The van der Waals surface area contributed by atoms with Gasteiger partial charge in [0.15, 0.2) is 5.69 Å². The van der Waals surface area contributed by atoms with Gasteiger partial charge >= 0.3 is 0 Å². The average molecular weight is 274 g/mol. The summed E-state index contributed by atoms with van der Waals surface area (Å²) in [4.78, 5) is 11.3. The molecule has 0 atom stereocenters. The summed E-state index contributed by atoms with van der Waals surface area (Å²) in [6, 6.07) is 5.79. The van der Waals surface area contributed by atoms with Crippen LogP contribution < -0.4 is 10.5 Å². The Bertz CT molecular complexity index is 641. The number of nitrogens with two attached hydrogens (primary N) is 1. The molecule has 1 aromatic heterocycles. The summed E-state index contributed by atoms with van der Waals surface area (Å²) in [6.07, 6.45) is 0. The maximum atomic E-state index is 11.3. The Morgan fingerprint density at radius 1 is 1.30 bits per heavy atom. The number of H-pyrrole nitrogens is 1. The van der Waals surface area contributed by atoms with Gasteiger partial charge in [0.2, 0.25) is 0 Å². The van der Waals surface area contributed by atoms with E-state index in [9.17, 15) is 4.79 Å². The first-order valence-corrected chi connectivity index (χ1v) is 6.24. The van der Waals surface area contributed by atoms with Gasteiger partial charge in [-0.05, 0) is 23.1 Å². The lowest BCUT2D eigenvalue weighted by molar-refractivity contribution is 0.0996. The molecule has 2 rings (SSSR count). The normalized spacial score (nSPS) is 11.4. The monoisotopic (exact) mass is 274 g/mol. The van der Waals surface area contributed by atoms with Gasteiger partial charge < -0.3 is 10.5 Å². The predicted octanol–water partition coefficient (Wildman–Crippen LogP) is 1.88. The van der Waals surface area contributed by atoms with Crippen LogP contribution in [-0.4, -0.2) is 28.4 Å². The molecule has 0 aliphatic rings. The number of ether oxygens (including phenoxy) is 1. The average Bonchev–Trinajstić information content (AvgIpc) is 2.86. The number of hydrogen-bond acceptors (Lipinski definition) is 4. The number of aromatic amines is 1. The number of rotatable bonds is 3. The van der Waals surface area contributed by atoms with Crippen LogP contribution in [-0.2, 0) is 5.41 Å². The fraction of sp³-hybridized carbons (Fsp3) is 0.357. The molecule has 1 heterocycles. The van der Waals surface area contributed by atoms with Crippen LogP contribution in [0.4, 0.5) is 0 Å². The molecule has 106 valence electrons. The van der Waals surface area contributed by atoms with Crippen LogP contribution in [0.3, 0.4) is 0 Å². The molecule has 0 saturated heterocycles. The van der Waals surface area contributed by atoms with Crippen molar-refractivity contribution in [3.63, 3.8) is 0 Å². The summed E-state index contributed by atoms with van der Waals surface area (Å²) < 4.78 is 5.41. The molecule has 0 unspecified atom stereocenters. The first-order chi connectivity index (χ1) is 9.34. The van der Waals surface area contributed by atoms with Gasteiger partial charge in [-0.3, -0.25) is 4.79 Å². The summed E-state index contributed by atoms with van der Waals surface area (Å²) in [5.41, 5.74) is 7.60. The summed E-state index contributed by atoms with van der Waals surface area (Å²) in [5.74, 6) is 0.00419. The zero-order valence-electron chi connectivity index (χ0n) is 12.0. The van der Waals surface area contributed by atoms with E-state index < -0.39 is 5.91 Å². The molecule has 0 fully saturated rings. The van der Waals surface area contributed by atoms with E-state index in [1.54, 1.807) is 7.11 Å². The van der Waals surface area contributed by atoms with Gasteiger partial charge in [0.25, 0.3) is 5.91 Å². The fourth-order valence-corrected chi connectivity index (χ4v) is 1.94. The van der Waals surface area contributed by atoms with E-state index in [-0.39, 0.29) is 11.1 Å². The molecule has 0 spiro atoms. The van der Waals surface area contributed by atoms with Crippen molar-refractivity contribution in [3.05, 3.63) is 29.5 Å². The highest BCUT2D eigenvalue weighted by Crippen LogP contribution is 2.34. The van der Waals surface area contributed by atoms with Crippen molar-refractivity contribution in [2.45, 2.75) is 26.2 Å². The summed E-state index contributed by atoms with van der Waals surface area (Å²) in [6.45, 7) is 6.35. The van der Waals surface area contributed by atoms with E-state index >= 15 is 0 Å². The highest BCUT2D eigenvalue weighted by molar-refractivity contribution is 5.97.